The van der Waals surface area contributed by atoms with Crippen molar-refractivity contribution in [3.8, 4) is 0 Å². The van der Waals surface area contributed by atoms with Gasteiger partial charge in [0.1, 0.15) is 0 Å². The zero-order chi connectivity index (χ0) is 2.71. The Bertz CT molecular complexity index is 30.6. The summed E-state index contributed by atoms with van der Waals surface area (Å²) in [5.41, 5.74) is 0. The van der Waals surface area contributed by atoms with Crippen molar-refractivity contribution in [1.29, 1.82) is 0 Å². The Hall–Kier alpha value is 2.65. The van der Waals surface area contributed by atoms with Gasteiger partial charge in [0.05, 0.1) is 0 Å². The molecule has 0 aromatic heterocycles. The summed E-state index contributed by atoms with van der Waals surface area (Å²) in [6, 6.07) is 0. The summed E-state index contributed by atoms with van der Waals surface area (Å²) < 4.78 is 0. The zero-order valence-corrected chi connectivity index (χ0v) is 6.71. The van der Waals surface area contributed by atoms with Crippen LogP contribution in [-0.2, 0) is 17.1 Å². The molecule has 0 bridgehead atoms. The van der Waals surface area contributed by atoms with E-state index in [2.05, 4.69) is 28.8 Å². The first kappa shape index (κ1) is 15.6. The van der Waals surface area contributed by atoms with Crippen LogP contribution >= 0.6 is 7.61 Å². The summed E-state index contributed by atoms with van der Waals surface area (Å²) in [6.07, 6.45) is 0. The van der Waals surface area contributed by atoms with Crippen molar-refractivity contribution < 1.29 is 17.1 Å². The average molecular weight is 371 g/mol. The van der Waals surface area contributed by atoms with Gasteiger partial charge < -0.3 is 0 Å². The van der Waals surface area contributed by atoms with E-state index in [1.807, 2.05) is 0 Å². The van der Waals surface area contributed by atoms with E-state index in [4.69, 9.17) is 0 Å². The predicted octanol–water partition coefficient (Wildman–Crippen LogP) is -1.30. The predicted molar refractivity (Wildman–Crippen MR) is 29.0 cm³/mol. The molecule has 0 aromatic rings. The van der Waals surface area contributed by atoms with Gasteiger partial charge in [0, 0.05) is 17.1 Å². The summed E-state index contributed by atoms with van der Waals surface area (Å²) in [5.74, 6) is 0. The molecule has 0 aromatic carbocycles. The van der Waals surface area contributed by atoms with E-state index >= 15 is 0 Å². The second-order valence-corrected chi connectivity index (χ2v) is 5.51. The summed E-state index contributed by atoms with van der Waals surface area (Å²) in [4.78, 5) is 0. The molecule has 5 heteroatoms. The van der Waals surface area contributed by atoms with E-state index in [-0.39, 0.29) is 42.9 Å². The first-order valence-corrected chi connectivity index (χ1v) is 5.20. The van der Waals surface area contributed by atoms with E-state index < -0.39 is 0 Å². The first-order chi connectivity index (χ1) is 1.41. The molecule has 0 nitrogen and oxygen atoms in total. The van der Waals surface area contributed by atoms with Crippen LogP contribution in [0.2, 0.25) is 0 Å². The molecular formula is H3CuInSSe2. The van der Waals surface area contributed by atoms with Crippen LogP contribution in [0.1, 0.15) is 0 Å². The van der Waals surface area contributed by atoms with E-state index in [9.17, 15) is 0 Å². The fraction of sp³-hybridized carbons (Fsp3) is 0. The van der Waals surface area contributed by atoms with Crippen LogP contribution in [0.3, 0.4) is 0 Å². The van der Waals surface area contributed by atoms with Crippen molar-refractivity contribution in [3.05, 3.63) is 0 Å². The zero-order valence-electron chi connectivity index (χ0n) is 1.53. The molecule has 1 radical (unpaired) electrons. The molecule has 0 aliphatic rings. The monoisotopic (exact) mass is 373 g/mol. The second kappa shape index (κ2) is 15.9. The molecule has 0 saturated heterocycles. The molecule has 0 spiro atoms. The van der Waals surface area contributed by atoms with Crippen LogP contribution < -0.4 is 0 Å². The third kappa shape index (κ3) is 20.5. The van der Waals surface area contributed by atoms with Gasteiger partial charge in [0.25, 0.3) is 0 Å². The molecule has 0 fully saturated rings. The maximum atomic E-state index is 2.67. The molecule has 0 aliphatic carbocycles. The first-order valence-electron chi connectivity index (χ1n) is 0.333. The molecule has 0 aliphatic heterocycles. The standard InChI is InChI=1S/Cu.In.SSe2.3H/c;;2-1-3;;;. The number of hydrogen-bond donors (Lipinski definition) is 0. The van der Waals surface area contributed by atoms with Gasteiger partial charge in [-0.3, -0.25) is 0 Å². The van der Waals surface area contributed by atoms with E-state index in [1.165, 1.54) is 7.61 Å². The summed E-state index contributed by atoms with van der Waals surface area (Å²) in [5, 5.41) is 0. The quantitative estimate of drug-likeness (QED) is 0.465. The summed E-state index contributed by atoms with van der Waals surface area (Å²) in [7, 11) is 1.50. The van der Waals surface area contributed by atoms with Crippen LogP contribution in [0.25, 0.3) is 0 Å². The molecular weight excluding hydrogens is 368 g/mol. The van der Waals surface area contributed by atoms with Gasteiger partial charge in [-0.15, -0.1) is 0 Å². The van der Waals surface area contributed by atoms with Gasteiger partial charge in [0.2, 0.25) is 0 Å². The number of hydrogen-bond acceptors (Lipinski definition) is 0. The Kier molecular flexibility index (Phi) is 49.9. The fourth-order valence-corrected chi connectivity index (χ4v) is 0. The fourth-order valence-electron chi connectivity index (χ4n) is 0. The van der Waals surface area contributed by atoms with Crippen LogP contribution in [0, 0.1) is 0 Å². The molecule has 0 heterocycles. The van der Waals surface area contributed by atoms with Gasteiger partial charge in [0.15, 0.2) is 0 Å². The van der Waals surface area contributed by atoms with Gasteiger partial charge in [-0.1, -0.05) is 0 Å². The summed E-state index contributed by atoms with van der Waals surface area (Å²) >= 11 is 5.33. The Labute approximate surface area is 78.0 Å². The molecule has 0 rings (SSSR count). The van der Waals surface area contributed by atoms with Crippen molar-refractivity contribution in [3.63, 3.8) is 0 Å². The molecule has 0 amide bonds. The SMILES string of the molecule is [Cu].[InH3].[Se]=S=[Se]. The van der Waals surface area contributed by atoms with Crippen molar-refractivity contribution in [2.24, 2.45) is 0 Å². The molecule has 5 heavy (non-hydrogen) atoms. The molecule has 35 valence electrons. The van der Waals surface area contributed by atoms with Gasteiger partial charge in [-0.2, -0.15) is 0 Å². The normalized spacial score (nSPS) is 2.40. The molecule has 0 N–H and O–H groups in total. The average Bonchev–Trinajstić information content (AvgIpc) is 0.918. The van der Waals surface area contributed by atoms with Gasteiger partial charge in [-0.25, -0.2) is 0 Å². The van der Waals surface area contributed by atoms with Gasteiger partial charge in [-0.05, 0) is 0 Å². The van der Waals surface area contributed by atoms with Crippen molar-refractivity contribution >= 4 is 62.2 Å². The van der Waals surface area contributed by atoms with Crippen molar-refractivity contribution in [1.82, 2.24) is 0 Å². The van der Waals surface area contributed by atoms with Gasteiger partial charge >= 0.3 is 62.2 Å². The molecule has 0 saturated carbocycles. The third-order valence-electron chi connectivity index (χ3n) is 0. The van der Waals surface area contributed by atoms with Crippen molar-refractivity contribution in [2.75, 3.05) is 0 Å². The van der Waals surface area contributed by atoms with Crippen LogP contribution in [0.15, 0.2) is 0 Å². The minimum atomic E-state index is 0. The topological polar surface area (TPSA) is 0 Å². The van der Waals surface area contributed by atoms with E-state index in [0.717, 1.165) is 0 Å². The van der Waals surface area contributed by atoms with Crippen LogP contribution in [0.4, 0.5) is 0 Å². The van der Waals surface area contributed by atoms with Crippen LogP contribution in [-0.4, -0.2) is 54.6 Å². The molecule has 0 atom stereocenters. The third-order valence-corrected chi connectivity index (χ3v) is 0. The Morgan fingerprint density at radius 1 is 1.20 bits per heavy atom. The minimum absolute atomic E-state index is 0. The Morgan fingerprint density at radius 3 is 1.20 bits per heavy atom. The van der Waals surface area contributed by atoms with E-state index in [1.54, 1.807) is 0 Å². The van der Waals surface area contributed by atoms with Crippen molar-refractivity contribution in [2.45, 2.75) is 0 Å². The molecule has 0 unspecified atom stereocenters. The van der Waals surface area contributed by atoms with Crippen LogP contribution in [0.5, 0.6) is 0 Å². The maximum absolute atomic E-state index is 2.67. The Balaban J connectivity index is -0.0000000200. The summed E-state index contributed by atoms with van der Waals surface area (Å²) in [6.45, 7) is 0. The van der Waals surface area contributed by atoms with E-state index in [0.29, 0.717) is 0 Å². The number of rotatable bonds is 0. The Morgan fingerprint density at radius 2 is 1.20 bits per heavy atom. The second-order valence-electron chi connectivity index (χ2n) is 0.0680.